The van der Waals surface area contributed by atoms with E-state index < -0.39 is 11.5 Å². The van der Waals surface area contributed by atoms with Crippen molar-refractivity contribution in [2.45, 2.75) is 57.7 Å². The second-order valence-electron chi connectivity index (χ2n) is 7.33. The lowest BCUT2D eigenvalue weighted by molar-refractivity contribution is -0.153. The molecule has 1 saturated heterocycles. The summed E-state index contributed by atoms with van der Waals surface area (Å²) in [5, 5.41) is 0. The molecule has 0 saturated carbocycles. The summed E-state index contributed by atoms with van der Waals surface area (Å²) in [5.74, 6) is -0.526. The van der Waals surface area contributed by atoms with Gasteiger partial charge in [-0.1, -0.05) is 42.8 Å². The van der Waals surface area contributed by atoms with E-state index in [9.17, 15) is 9.59 Å². The molecule has 146 valence electrons. The summed E-state index contributed by atoms with van der Waals surface area (Å²) in [5.41, 5.74) is 1.34. The number of ether oxygens (including phenoxy) is 3. The van der Waals surface area contributed by atoms with Crippen molar-refractivity contribution in [2.24, 2.45) is 5.41 Å². The summed E-state index contributed by atoms with van der Waals surface area (Å²) >= 11 is 0. The molecule has 0 aromatic heterocycles. The Morgan fingerprint density at radius 1 is 1.26 bits per heavy atom. The number of allylic oxidation sites excluding steroid dienone is 1. The fourth-order valence-electron chi connectivity index (χ4n) is 4.12. The molecule has 0 bridgehead atoms. The van der Waals surface area contributed by atoms with Gasteiger partial charge in [0.2, 0.25) is 0 Å². The number of fused-ring (bicyclic) bond motifs is 1. The molecule has 1 fully saturated rings. The number of hydrogen-bond donors (Lipinski definition) is 0. The Balaban J connectivity index is 1.65. The highest BCUT2D eigenvalue weighted by Gasteiger charge is 2.53. The van der Waals surface area contributed by atoms with E-state index in [4.69, 9.17) is 14.2 Å². The normalized spacial score (nSPS) is 24.6. The number of cyclic esters (lactones) is 1. The van der Waals surface area contributed by atoms with Crippen molar-refractivity contribution in [3.8, 4) is 0 Å². The molecular weight excluding hydrogens is 344 g/mol. The molecule has 1 aliphatic heterocycles. The van der Waals surface area contributed by atoms with E-state index in [0.717, 1.165) is 43.2 Å². The molecular formula is C22H28O5. The van der Waals surface area contributed by atoms with Gasteiger partial charge in [0.25, 0.3) is 0 Å². The highest BCUT2D eigenvalue weighted by molar-refractivity contribution is 5.86. The molecule has 2 aliphatic rings. The van der Waals surface area contributed by atoms with Crippen LogP contribution in [-0.4, -0.2) is 31.8 Å². The SMILES string of the molecule is COCCC[C@]12CCCCC=C1C(CC(=O)OCc1ccccc1)OC2=O. The van der Waals surface area contributed by atoms with Crippen molar-refractivity contribution in [1.29, 1.82) is 0 Å². The predicted molar refractivity (Wildman–Crippen MR) is 101 cm³/mol. The van der Waals surface area contributed by atoms with E-state index >= 15 is 0 Å². The zero-order chi connectivity index (χ0) is 19.1. The average Bonchev–Trinajstić information content (AvgIpc) is 2.82. The van der Waals surface area contributed by atoms with Crippen LogP contribution in [0, 0.1) is 5.41 Å². The first-order valence-corrected chi connectivity index (χ1v) is 9.76. The minimum atomic E-state index is -0.584. The van der Waals surface area contributed by atoms with Crippen molar-refractivity contribution in [3.63, 3.8) is 0 Å². The topological polar surface area (TPSA) is 61.8 Å². The van der Waals surface area contributed by atoms with Crippen LogP contribution in [-0.2, 0) is 30.4 Å². The fourth-order valence-corrected chi connectivity index (χ4v) is 4.12. The van der Waals surface area contributed by atoms with Crippen molar-refractivity contribution in [1.82, 2.24) is 0 Å². The Kier molecular flexibility index (Phi) is 6.67. The molecule has 1 aromatic carbocycles. The van der Waals surface area contributed by atoms with Crippen LogP contribution in [0.5, 0.6) is 0 Å². The van der Waals surface area contributed by atoms with Gasteiger partial charge in [-0.15, -0.1) is 0 Å². The van der Waals surface area contributed by atoms with E-state index in [0.29, 0.717) is 13.0 Å². The molecule has 5 heteroatoms. The van der Waals surface area contributed by atoms with Gasteiger partial charge in [0.15, 0.2) is 0 Å². The molecule has 5 nitrogen and oxygen atoms in total. The molecule has 0 radical (unpaired) electrons. The first kappa shape index (κ1) is 19.6. The maximum atomic E-state index is 12.8. The van der Waals surface area contributed by atoms with Gasteiger partial charge in [-0.2, -0.15) is 0 Å². The molecule has 0 spiro atoms. The van der Waals surface area contributed by atoms with E-state index in [1.165, 1.54) is 0 Å². The number of carbonyl (C=O) groups is 2. The Morgan fingerprint density at radius 3 is 2.85 bits per heavy atom. The Hall–Kier alpha value is -2.14. The molecule has 3 rings (SSSR count). The lowest BCUT2D eigenvalue weighted by atomic mass is 9.73. The minimum absolute atomic E-state index is 0.0798. The number of rotatable bonds is 8. The summed E-state index contributed by atoms with van der Waals surface area (Å²) in [4.78, 5) is 25.1. The van der Waals surface area contributed by atoms with Gasteiger partial charge >= 0.3 is 11.9 Å². The molecule has 1 aromatic rings. The maximum Gasteiger partial charge on any atom is 0.316 e. The summed E-state index contributed by atoms with van der Waals surface area (Å²) in [6.45, 7) is 0.852. The molecule has 0 N–H and O–H groups in total. The minimum Gasteiger partial charge on any atom is -0.461 e. The van der Waals surface area contributed by atoms with Gasteiger partial charge in [-0.25, -0.2) is 0 Å². The lowest BCUT2D eigenvalue weighted by Gasteiger charge is -2.26. The van der Waals surface area contributed by atoms with Gasteiger partial charge in [-0.05, 0) is 43.2 Å². The molecule has 1 aliphatic carbocycles. The van der Waals surface area contributed by atoms with Crippen LogP contribution >= 0.6 is 0 Å². The molecule has 1 unspecified atom stereocenters. The van der Waals surface area contributed by atoms with Crippen molar-refractivity contribution in [2.75, 3.05) is 13.7 Å². The molecule has 0 amide bonds. The highest BCUT2D eigenvalue weighted by atomic mass is 16.6. The Bertz CT molecular complexity index is 681. The van der Waals surface area contributed by atoms with E-state index in [-0.39, 0.29) is 25.0 Å². The molecule has 27 heavy (non-hydrogen) atoms. The third kappa shape index (κ3) is 4.59. The summed E-state index contributed by atoms with van der Waals surface area (Å²) in [7, 11) is 1.67. The van der Waals surface area contributed by atoms with Crippen LogP contribution in [0.1, 0.15) is 50.5 Å². The molecule has 2 atom stereocenters. The number of esters is 2. The predicted octanol–water partition coefficient (Wildman–Crippen LogP) is 3.96. The zero-order valence-corrected chi connectivity index (χ0v) is 15.9. The monoisotopic (exact) mass is 372 g/mol. The summed E-state index contributed by atoms with van der Waals surface area (Å²) in [6.07, 6.45) is 6.98. The maximum absolute atomic E-state index is 12.8. The van der Waals surface area contributed by atoms with Crippen LogP contribution in [0.25, 0.3) is 0 Å². The van der Waals surface area contributed by atoms with Gasteiger partial charge in [0, 0.05) is 13.7 Å². The zero-order valence-electron chi connectivity index (χ0n) is 15.9. The van der Waals surface area contributed by atoms with Crippen molar-refractivity contribution >= 4 is 11.9 Å². The summed E-state index contributed by atoms with van der Waals surface area (Å²) in [6, 6.07) is 9.57. The number of hydrogen-bond acceptors (Lipinski definition) is 5. The van der Waals surface area contributed by atoms with Gasteiger partial charge in [-0.3, -0.25) is 9.59 Å². The second kappa shape index (κ2) is 9.18. The first-order chi connectivity index (χ1) is 13.2. The second-order valence-corrected chi connectivity index (χ2v) is 7.33. The van der Waals surface area contributed by atoms with Crippen LogP contribution in [0.4, 0.5) is 0 Å². The highest BCUT2D eigenvalue weighted by Crippen LogP contribution is 2.49. The number of carbonyl (C=O) groups excluding carboxylic acids is 2. The first-order valence-electron chi connectivity index (χ1n) is 9.76. The Morgan fingerprint density at radius 2 is 2.07 bits per heavy atom. The summed E-state index contributed by atoms with van der Waals surface area (Å²) < 4.78 is 16.2. The average molecular weight is 372 g/mol. The van der Waals surface area contributed by atoms with Crippen LogP contribution in [0.2, 0.25) is 0 Å². The van der Waals surface area contributed by atoms with E-state index in [1.54, 1.807) is 7.11 Å². The van der Waals surface area contributed by atoms with Crippen LogP contribution < -0.4 is 0 Å². The number of methoxy groups -OCH3 is 1. The van der Waals surface area contributed by atoms with Crippen LogP contribution in [0.3, 0.4) is 0 Å². The van der Waals surface area contributed by atoms with Gasteiger partial charge in [0.05, 0.1) is 11.8 Å². The quantitative estimate of drug-likeness (QED) is 0.393. The largest absolute Gasteiger partial charge is 0.461 e. The van der Waals surface area contributed by atoms with E-state index in [2.05, 4.69) is 6.08 Å². The smallest absolute Gasteiger partial charge is 0.316 e. The fraction of sp³-hybridized carbons (Fsp3) is 0.545. The van der Waals surface area contributed by atoms with Crippen LogP contribution in [0.15, 0.2) is 42.0 Å². The Labute approximate surface area is 160 Å². The van der Waals surface area contributed by atoms with Gasteiger partial charge < -0.3 is 14.2 Å². The molecule has 1 heterocycles. The van der Waals surface area contributed by atoms with Crippen molar-refractivity contribution in [3.05, 3.63) is 47.5 Å². The third-order valence-electron chi connectivity index (χ3n) is 5.51. The van der Waals surface area contributed by atoms with Crippen molar-refractivity contribution < 1.29 is 23.8 Å². The van der Waals surface area contributed by atoms with Gasteiger partial charge in [0.1, 0.15) is 12.7 Å². The standard InChI is InChI=1S/C22H28O5/c1-25-14-8-13-22-12-7-3-6-11-18(22)19(27-21(22)24)15-20(23)26-16-17-9-4-2-5-10-17/h2,4-5,9-11,19H,3,6-8,12-16H2,1H3/t19?,22-/m1/s1. The third-order valence-corrected chi connectivity index (χ3v) is 5.51. The lowest BCUT2D eigenvalue weighted by Crippen LogP contribution is -2.29. The van der Waals surface area contributed by atoms with E-state index in [1.807, 2.05) is 30.3 Å². The number of benzene rings is 1.